The van der Waals surface area contributed by atoms with Gasteiger partial charge in [0.25, 0.3) is 0 Å². The number of unbranched alkanes of at least 4 members (excludes halogenated alkanes) is 16. The normalized spacial score (nSPS) is 11.4. The summed E-state index contributed by atoms with van der Waals surface area (Å²) in [5, 5.41) is 10.7. The van der Waals surface area contributed by atoms with Gasteiger partial charge in [-0.15, -0.1) is 0 Å². The van der Waals surface area contributed by atoms with E-state index in [1.165, 1.54) is 109 Å². The Morgan fingerprint density at radius 2 is 1.18 bits per heavy atom. The van der Waals surface area contributed by atoms with E-state index in [2.05, 4.69) is 23.8 Å². The number of carbonyl (C=O) groups is 1. The van der Waals surface area contributed by atoms with Crippen molar-refractivity contribution in [2.45, 2.75) is 129 Å². The Morgan fingerprint density at radius 3 is 1.77 bits per heavy atom. The molecule has 0 bridgehead atoms. The number of carbonyl (C=O) groups excluding carboxylic acids is 1. The number of hydrogen-bond acceptors (Lipinski definition) is 8. The summed E-state index contributed by atoms with van der Waals surface area (Å²) < 4.78 is 23.5. The van der Waals surface area contributed by atoms with E-state index < -0.39 is 5.97 Å². The molecule has 8 nitrogen and oxygen atoms in total. The van der Waals surface area contributed by atoms with Gasteiger partial charge in [0, 0.05) is 29.5 Å². The molecule has 8 heteroatoms. The second-order valence-electron chi connectivity index (χ2n) is 14.9. The fourth-order valence-corrected chi connectivity index (χ4v) is 6.71. The minimum absolute atomic E-state index is 0.0521. The van der Waals surface area contributed by atoms with Crippen LogP contribution in [0.2, 0.25) is 0 Å². The first-order valence-corrected chi connectivity index (χ1v) is 21.5. The number of ether oxygens (including phenoxy) is 3. The van der Waals surface area contributed by atoms with Crippen molar-refractivity contribution in [3.8, 4) is 34.5 Å². The van der Waals surface area contributed by atoms with Gasteiger partial charge < -0.3 is 23.7 Å². The Bertz CT molecular complexity index is 1930. The zero-order valence-corrected chi connectivity index (χ0v) is 34.2. The summed E-state index contributed by atoms with van der Waals surface area (Å²) in [6.07, 6.45) is 24.5. The van der Waals surface area contributed by atoms with Crippen LogP contribution in [0, 0.1) is 0 Å². The molecule has 0 saturated heterocycles. The number of esters is 1. The first-order chi connectivity index (χ1) is 28.0. The summed E-state index contributed by atoms with van der Waals surface area (Å²) in [6.45, 7) is 5.86. The van der Waals surface area contributed by atoms with Crippen LogP contribution < -0.4 is 14.2 Å². The average Bonchev–Trinajstić information content (AvgIpc) is 3.66. The molecule has 0 amide bonds. The number of aromatic nitrogens is 1. The van der Waals surface area contributed by atoms with Gasteiger partial charge >= 0.3 is 5.97 Å². The van der Waals surface area contributed by atoms with Crippen LogP contribution in [0.5, 0.6) is 23.0 Å². The summed E-state index contributed by atoms with van der Waals surface area (Å²) in [7, 11) is 0. The average molecular weight is 775 g/mol. The van der Waals surface area contributed by atoms with Crippen LogP contribution in [0.25, 0.3) is 22.6 Å². The third-order valence-electron chi connectivity index (χ3n) is 10.2. The minimum Gasteiger partial charge on any atom is -0.507 e. The number of phenolic OH excluding ortho intramolecular Hbond substituents is 1. The Morgan fingerprint density at radius 1 is 0.632 bits per heavy atom. The van der Waals surface area contributed by atoms with Gasteiger partial charge in [-0.05, 0) is 85.6 Å². The lowest BCUT2D eigenvalue weighted by Gasteiger charge is -2.08. The van der Waals surface area contributed by atoms with Gasteiger partial charge in [0.05, 0.1) is 24.5 Å². The fraction of sp³-hybridized carbons (Fsp3) is 0.449. The summed E-state index contributed by atoms with van der Waals surface area (Å²) in [5.41, 5.74) is 3.86. The molecule has 0 aliphatic rings. The molecular weight excluding hydrogens is 713 g/mol. The molecular formula is C49H62N2O6. The molecule has 1 aromatic heterocycles. The number of phenols is 1. The van der Waals surface area contributed by atoms with E-state index in [0.29, 0.717) is 41.5 Å². The van der Waals surface area contributed by atoms with Crippen molar-refractivity contribution in [3.63, 3.8) is 0 Å². The largest absolute Gasteiger partial charge is 0.507 e. The number of aliphatic imine (C=N–C) groups is 1. The Kier molecular flexibility index (Phi) is 18.5. The molecule has 4 aromatic carbocycles. The zero-order chi connectivity index (χ0) is 39.9. The smallest absolute Gasteiger partial charge is 0.343 e. The van der Waals surface area contributed by atoms with Crippen molar-refractivity contribution in [3.05, 3.63) is 96.1 Å². The molecule has 1 heterocycles. The second-order valence-corrected chi connectivity index (χ2v) is 14.9. The zero-order valence-electron chi connectivity index (χ0n) is 34.2. The molecule has 5 aromatic rings. The SMILES string of the molecule is CCCCCCCCCCCCOc1ccc2nc(-c3ccc(N=Cc4ccc(OC(=O)c5ccc(OCCCCCCCCCC)cc5)cc4O)cc3)oc2c1. The van der Waals surface area contributed by atoms with E-state index in [1.54, 1.807) is 42.6 Å². The number of hydrogen-bond donors (Lipinski definition) is 1. The van der Waals surface area contributed by atoms with E-state index in [0.717, 1.165) is 35.4 Å². The predicted octanol–water partition coefficient (Wildman–Crippen LogP) is 14.0. The van der Waals surface area contributed by atoms with E-state index in [9.17, 15) is 9.90 Å². The summed E-state index contributed by atoms with van der Waals surface area (Å²) in [6, 6.07) is 24.9. The third kappa shape index (κ3) is 15.1. The monoisotopic (exact) mass is 774 g/mol. The molecule has 0 fully saturated rings. The van der Waals surface area contributed by atoms with Crippen molar-refractivity contribution in [1.29, 1.82) is 0 Å². The molecule has 0 radical (unpaired) electrons. The van der Waals surface area contributed by atoms with Crippen LogP contribution in [0.3, 0.4) is 0 Å². The van der Waals surface area contributed by atoms with E-state index in [1.807, 2.05) is 42.5 Å². The Balaban J connectivity index is 1.03. The molecule has 0 saturated carbocycles. The van der Waals surface area contributed by atoms with Crippen molar-refractivity contribution in [2.75, 3.05) is 13.2 Å². The standard InChI is InChI=1S/C49H62N2O6/c1-3-5-7-9-11-13-14-16-18-20-34-55-43-31-32-45-47(36-43)57-48(51-45)38-21-26-41(27-22-38)50-37-40-25-30-44(35-46(40)52)56-49(53)39-23-28-42(29-24-39)54-33-19-17-15-12-10-8-6-4-2/h21-32,35-37,52H,3-20,33-34H2,1-2H3. The Hall–Kier alpha value is -5.11. The summed E-state index contributed by atoms with van der Waals surface area (Å²) in [5.74, 6) is 1.71. The lowest BCUT2D eigenvalue weighted by molar-refractivity contribution is 0.0734. The molecule has 0 aliphatic carbocycles. The predicted molar refractivity (Wildman–Crippen MR) is 232 cm³/mol. The van der Waals surface area contributed by atoms with Gasteiger partial charge in [0.15, 0.2) is 5.58 Å². The van der Waals surface area contributed by atoms with Gasteiger partial charge in [0.2, 0.25) is 5.89 Å². The van der Waals surface area contributed by atoms with Crippen LogP contribution in [0.15, 0.2) is 94.3 Å². The third-order valence-corrected chi connectivity index (χ3v) is 10.2. The molecule has 0 aliphatic heterocycles. The Labute approximate surface area is 339 Å². The number of nitrogens with zero attached hydrogens (tertiary/aromatic N) is 2. The first kappa shape index (κ1) is 43.0. The highest BCUT2D eigenvalue weighted by Gasteiger charge is 2.12. The van der Waals surface area contributed by atoms with Crippen LogP contribution >= 0.6 is 0 Å². The first-order valence-electron chi connectivity index (χ1n) is 21.5. The maximum Gasteiger partial charge on any atom is 0.343 e. The van der Waals surface area contributed by atoms with Crippen molar-refractivity contribution >= 4 is 29.0 Å². The number of rotatable bonds is 27. The van der Waals surface area contributed by atoms with Crippen LogP contribution in [-0.4, -0.2) is 35.5 Å². The highest BCUT2D eigenvalue weighted by atomic mass is 16.5. The lowest BCUT2D eigenvalue weighted by atomic mass is 10.1. The number of fused-ring (bicyclic) bond motifs is 1. The second kappa shape index (κ2) is 24.5. The van der Waals surface area contributed by atoms with Gasteiger partial charge in [-0.3, -0.25) is 4.99 Å². The number of aromatic hydroxyl groups is 1. The van der Waals surface area contributed by atoms with Crippen LogP contribution in [-0.2, 0) is 0 Å². The molecule has 304 valence electrons. The number of oxazole rings is 1. The quantitative estimate of drug-likeness (QED) is 0.0245. The molecule has 1 N–H and O–H groups in total. The number of benzene rings is 4. The summed E-state index contributed by atoms with van der Waals surface area (Å²) in [4.78, 5) is 22.0. The molecule has 5 rings (SSSR count). The van der Waals surface area contributed by atoms with E-state index in [-0.39, 0.29) is 11.5 Å². The van der Waals surface area contributed by atoms with E-state index >= 15 is 0 Å². The van der Waals surface area contributed by atoms with Crippen molar-refractivity contribution in [2.24, 2.45) is 4.99 Å². The van der Waals surface area contributed by atoms with Crippen LogP contribution in [0.4, 0.5) is 5.69 Å². The lowest BCUT2D eigenvalue weighted by Crippen LogP contribution is -2.08. The molecule has 0 unspecified atom stereocenters. The fourth-order valence-electron chi connectivity index (χ4n) is 6.71. The highest BCUT2D eigenvalue weighted by Crippen LogP contribution is 2.29. The maximum atomic E-state index is 12.8. The van der Waals surface area contributed by atoms with Gasteiger partial charge in [-0.2, -0.15) is 0 Å². The topological polar surface area (TPSA) is 103 Å². The molecule has 57 heavy (non-hydrogen) atoms. The molecule has 0 atom stereocenters. The van der Waals surface area contributed by atoms with Crippen LogP contribution in [0.1, 0.15) is 145 Å². The highest BCUT2D eigenvalue weighted by molar-refractivity contribution is 5.91. The van der Waals surface area contributed by atoms with E-state index in [4.69, 9.17) is 18.6 Å². The van der Waals surface area contributed by atoms with Gasteiger partial charge in [0.1, 0.15) is 28.5 Å². The van der Waals surface area contributed by atoms with Gasteiger partial charge in [-0.1, -0.05) is 117 Å². The summed E-state index contributed by atoms with van der Waals surface area (Å²) >= 11 is 0. The maximum absolute atomic E-state index is 12.8. The van der Waals surface area contributed by atoms with Gasteiger partial charge in [-0.25, -0.2) is 9.78 Å². The van der Waals surface area contributed by atoms with Crippen molar-refractivity contribution in [1.82, 2.24) is 4.98 Å². The molecule has 0 spiro atoms. The van der Waals surface area contributed by atoms with Crippen molar-refractivity contribution < 1.29 is 28.5 Å². The minimum atomic E-state index is -0.516.